The Labute approximate surface area is 92.8 Å². The van der Waals surface area contributed by atoms with Gasteiger partial charge in [0, 0.05) is 32.7 Å². The Morgan fingerprint density at radius 2 is 2.07 bits per heavy atom. The van der Waals surface area contributed by atoms with Crippen molar-refractivity contribution in [1.29, 1.82) is 0 Å². The van der Waals surface area contributed by atoms with Crippen molar-refractivity contribution in [3.05, 3.63) is 0 Å². The molecule has 0 spiro atoms. The van der Waals surface area contributed by atoms with Gasteiger partial charge >= 0.3 is 0 Å². The number of amides is 1. The van der Waals surface area contributed by atoms with Gasteiger partial charge < -0.3 is 15.4 Å². The summed E-state index contributed by atoms with van der Waals surface area (Å²) in [7, 11) is 3.54. The number of ether oxygens (including phenoxy) is 1. The van der Waals surface area contributed by atoms with Gasteiger partial charge in [-0.3, -0.25) is 4.79 Å². The Hall–Kier alpha value is -0.610. The predicted molar refractivity (Wildman–Crippen MR) is 61.8 cm³/mol. The van der Waals surface area contributed by atoms with Crippen molar-refractivity contribution in [1.82, 2.24) is 10.6 Å². The van der Waals surface area contributed by atoms with Crippen LogP contribution in [0.4, 0.5) is 0 Å². The number of carbonyl (C=O) groups is 1. The summed E-state index contributed by atoms with van der Waals surface area (Å²) in [6.07, 6.45) is 1.33. The summed E-state index contributed by atoms with van der Waals surface area (Å²) in [5, 5.41) is 6.10. The van der Waals surface area contributed by atoms with Crippen LogP contribution in [0.15, 0.2) is 0 Å². The SMILES string of the molecule is CNCC(NC(=O)CCCOC)C(C)C. The lowest BCUT2D eigenvalue weighted by Gasteiger charge is -2.22. The van der Waals surface area contributed by atoms with Crippen molar-refractivity contribution in [3.63, 3.8) is 0 Å². The second-order valence-electron chi connectivity index (χ2n) is 4.07. The zero-order valence-electron chi connectivity index (χ0n) is 10.3. The first-order chi connectivity index (χ1) is 7.11. The number of carbonyl (C=O) groups excluding carboxylic acids is 1. The molecule has 0 heterocycles. The summed E-state index contributed by atoms with van der Waals surface area (Å²) in [6.45, 7) is 5.67. The molecule has 4 nitrogen and oxygen atoms in total. The molecule has 0 aliphatic carbocycles. The van der Waals surface area contributed by atoms with Gasteiger partial charge in [-0.2, -0.15) is 0 Å². The zero-order valence-corrected chi connectivity index (χ0v) is 10.3. The van der Waals surface area contributed by atoms with E-state index in [-0.39, 0.29) is 11.9 Å². The van der Waals surface area contributed by atoms with E-state index in [2.05, 4.69) is 24.5 Å². The first kappa shape index (κ1) is 14.4. The van der Waals surface area contributed by atoms with Crippen LogP contribution in [-0.2, 0) is 9.53 Å². The Balaban J connectivity index is 3.78. The third-order valence-electron chi connectivity index (χ3n) is 2.33. The third-order valence-corrected chi connectivity index (χ3v) is 2.33. The molecule has 0 rings (SSSR count). The minimum atomic E-state index is 0.112. The maximum atomic E-state index is 11.5. The maximum absolute atomic E-state index is 11.5. The standard InChI is InChI=1S/C11H24N2O2/c1-9(2)10(8-12-3)13-11(14)6-5-7-15-4/h9-10,12H,5-8H2,1-4H3,(H,13,14). The smallest absolute Gasteiger partial charge is 0.220 e. The van der Waals surface area contributed by atoms with Gasteiger partial charge in [0.2, 0.25) is 5.91 Å². The number of hydrogen-bond donors (Lipinski definition) is 2. The predicted octanol–water partition coefficient (Wildman–Crippen LogP) is 0.773. The molecule has 2 N–H and O–H groups in total. The van der Waals surface area contributed by atoms with Crippen LogP contribution in [0, 0.1) is 5.92 Å². The van der Waals surface area contributed by atoms with Crippen molar-refractivity contribution in [2.24, 2.45) is 5.92 Å². The summed E-state index contributed by atoms with van der Waals surface area (Å²) in [4.78, 5) is 11.5. The van der Waals surface area contributed by atoms with Crippen molar-refractivity contribution in [3.8, 4) is 0 Å². The van der Waals surface area contributed by atoms with E-state index in [1.54, 1.807) is 7.11 Å². The van der Waals surface area contributed by atoms with Crippen molar-refractivity contribution < 1.29 is 9.53 Å². The Bertz CT molecular complexity index is 172. The second kappa shape index (κ2) is 8.68. The van der Waals surface area contributed by atoms with E-state index in [1.165, 1.54) is 0 Å². The highest BCUT2D eigenvalue weighted by Crippen LogP contribution is 2.01. The lowest BCUT2D eigenvalue weighted by atomic mass is 10.0. The van der Waals surface area contributed by atoms with Gasteiger partial charge in [0.05, 0.1) is 0 Å². The quantitative estimate of drug-likeness (QED) is 0.589. The maximum Gasteiger partial charge on any atom is 0.220 e. The number of likely N-dealkylation sites (N-methyl/N-ethyl adjacent to an activating group) is 1. The topological polar surface area (TPSA) is 50.4 Å². The summed E-state index contributed by atoms with van der Waals surface area (Å²) < 4.78 is 4.90. The largest absolute Gasteiger partial charge is 0.385 e. The number of rotatable bonds is 8. The molecule has 0 aliphatic heterocycles. The van der Waals surface area contributed by atoms with E-state index in [9.17, 15) is 4.79 Å². The monoisotopic (exact) mass is 216 g/mol. The van der Waals surface area contributed by atoms with Crippen LogP contribution in [0.5, 0.6) is 0 Å². The molecule has 4 heteroatoms. The lowest BCUT2D eigenvalue weighted by Crippen LogP contribution is -2.44. The fourth-order valence-corrected chi connectivity index (χ4v) is 1.33. The third kappa shape index (κ3) is 7.33. The van der Waals surface area contributed by atoms with Crippen LogP contribution in [0.3, 0.4) is 0 Å². The molecular formula is C11H24N2O2. The fraction of sp³-hybridized carbons (Fsp3) is 0.909. The van der Waals surface area contributed by atoms with Gasteiger partial charge in [-0.15, -0.1) is 0 Å². The van der Waals surface area contributed by atoms with E-state index in [0.717, 1.165) is 13.0 Å². The Kier molecular flexibility index (Phi) is 8.33. The van der Waals surface area contributed by atoms with Crippen LogP contribution < -0.4 is 10.6 Å². The van der Waals surface area contributed by atoms with E-state index in [0.29, 0.717) is 18.9 Å². The molecule has 0 fully saturated rings. The molecule has 0 saturated heterocycles. The molecule has 0 aromatic rings. The van der Waals surface area contributed by atoms with E-state index >= 15 is 0 Å². The van der Waals surface area contributed by atoms with Crippen molar-refractivity contribution in [2.45, 2.75) is 32.7 Å². The van der Waals surface area contributed by atoms with Crippen LogP contribution in [0.2, 0.25) is 0 Å². The van der Waals surface area contributed by atoms with Crippen molar-refractivity contribution in [2.75, 3.05) is 27.3 Å². The highest BCUT2D eigenvalue weighted by molar-refractivity contribution is 5.76. The van der Waals surface area contributed by atoms with E-state index < -0.39 is 0 Å². The summed E-state index contributed by atoms with van der Waals surface area (Å²) in [5.74, 6) is 0.560. The van der Waals surface area contributed by atoms with Gasteiger partial charge in [-0.05, 0) is 19.4 Å². The van der Waals surface area contributed by atoms with Crippen LogP contribution in [-0.4, -0.2) is 39.3 Å². The highest BCUT2D eigenvalue weighted by atomic mass is 16.5. The van der Waals surface area contributed by atoms with Crippen LogP contribution in [0.25, 0.3) is 0 Å². The molecule has 0 saturated carbocycles. The van der Waals surface area contributed by atoms with Gasteiger partial charge in [0.1, 0.15) is 0 Å². The summed E-state index contributed by atoms with van der Waals surface area (Å²) in [6, 6.07) is 0.213. The van der Waals surface area contributed by atoms with E-state index in [1.807, 2.05) is 7.05 Å². The summed E-state index contributed by atoms with van der Waals surface area (Å²) in [5.41, 5.74) is 0. The molecule has 0 bridgehead atoms. The zero-order chi connectivity index (χ0) is 11.7. The Morgan fingerprint density at radius 3 is 2.53 bits per heavy atom. The summed E-state index contributed by atoms with van der Waals surface area (Å²) >= 11 is 0. The molecule has 1 amide bonds. The first-order valence-electron chi connectivity index (χ1n) is 5.54. The normalized spacial score (nSPS) is 12.9. The molecule has 0 aromatic heterocycles. The van der Waals surface area contributed by atoms with Crippen LogP contribution in [0.1, 0.15) is 26.7 Å². The highest BCUT2D eigenvalue weighted by Gasteiger charge is 2.14. The van der Waals surface area contributed by atoms with Gasteiger partial charge in [0.25, 0.3) is 0 Å². The molecule has 15 heavy (non-hydrogen) atoms. The van der Waals surface area contributed by atoms with Gasteiger partial charge in [0.15, 0.2) is 0 Å². The minimum Gasteiger partial charge on any atom is -0.385 e. The molecule has 0 aromatic carbocycles. The van der Waals surface area contributed by atoms with E-state index in [4.69, 9.17) is 4.74 Å². The Morgan fingerprint density at radius 1 is 1.40 bits per heavy atom. The molecular weight excluding hydrogens is 192 g/mol. The molecule has 1 atom stereocenters. The first-order valence-corrected chi connectivity index (χ1v) is 5.54. The lowest BCUT2D eigenvalue weighted by molar-refractivity contribution is -0.122. The molecule has 0 radical (unpaired) electrons. The number of hydrogen-bond acceptors (Lipinski definition) is 3. The van der Waals surface area contributed by atoms with Crippen molar-refractivity contribution >= 4 is 5.91 Å². The van der Waals surface area contributed by atoms with Crippen LogP contribution >= 0.6 is 0 Å². The minimum absolute atomic E-state index is 0.112. The van der Waals surface area contributed by atoms with Gasteiger partial charge in [-0.25, -0.2) is 0 Å². The number of methoxy groups -OCH3 is 1. The average Bonchev–Trinajstić information content (AvgIpc) is 2.17. The average molecular weight is 216 g/mol. The number of nitrogens with one attached hydrogen (secondary N) is 2. The second-order valence-corrected chi connectivity index (χ2v) is 4.07. The fourth-order valence-electron chi connectivity index (χ4n) is 1.33. The molecule has 1 unspecified atom stereocenters. The molecule has 90 valence electrons. The van der Waals surface area contributed by atoms with Gasteiger partial charge in [-0.1, -0.05) is 13.8 Å². The molecule has 0 aliphatic rings.